The van der Waals surface area contributed by atoms with Gasteiger partial charge in [0.1, 0.15) is 23.5 Å². The molecular formula is C39H36N6O4. The molecule has 246 valence electrons. The van der Waals surface area contributed by atoms with E-state index in [0.717, 1.165) is 17.5 Å². The Bertz CT molecular complexity index is 1900. The SMILES string of the molecule is C=C1CCN(C(=O)Cc2ccccc2)[C@@H]1C(=O)Nc1ccc(C#Cc2ccc(NC(=O)[C@@H]3CCCN3C(=O)Cc3ccccc3)cn2)nc1. The van der Waals surface area contributed by atoms with Crippen LogP contribution < -0.4 is 10.6 Å². The second-order valence-corrected chi connectivity index (χ2v) is 12.1. The van der Waals surface area contributed by atoms with Gasteiger partial charge in [0, 0.05) is 13.1 Å². The van der Waals surface area contributed by atoms with Crippen molar-refractivity contribution in [3.63, 3.8) is 0 Å². The van der Waals surface area contributed by atoms with Crippen molar-refractivity contribution >= 4 is 35.0 Å². The molecule has 0 saturated carbocycles. The van der Waals surface area contributed by atoms with E-state index < -0.39 is 12.1 Å². The summed E-state index contributed by atoms with van der Waals surface area (Å²) in [5.41, 5.74) is 4.46. The number of nitrogens with one attached hydrogen (secondary N) is 2. The van der Waals surface area contributed by atoms with Crippen LogP contribution in [0.25, 0.3) is 0 Å². The van der Waals surface area contributed by atoms with Crippen molar-refractivity contribution in [3.8, 4) is 11.8 Å². The first-order valence-electron chi connectivity index (χ1n) is 16.2. The zero-order chi connectivity index (χ0) is 34.2. The number of amides is 4. The van der Waals surface area contributed by atoms with Gasteiger partial charge < -0.3 is 20.4 Å². The molecule has 0 spiro atoms. The number of anilines is 2. The monoisotopic (exact) mass is 652 g/mol. The summed E-state index contributed by atoms with van der Waals surface area (Å²) in [5, 5.41) is 5.73. The maximum atomic E-state index is 13.2. The van der Waals surface area contributed by atoms with Crippen LogP contribution >= 0.6 is 0 Å². The first kappa shape index (κ1) is 32.8. The number of aromatic nitrogens is 2. The van der Waals surface area contributed by atoms with Crippen molar-refractivity contribution in [2.75, 3.05) is 23.7 Å². The lowest BCUT2D eigenvalue weighted by atomic mass is 10.1. The van der Waals surface area contributed by atoms with Crippen LogP contribution in [-0.2, 0) is 32.0 Å². The van der Waals surface area contributed by atoms with Crippen molar-refractivity contribution in [1.29, 1.82) is 0 Å². The van der Waals surface area contributed by atoms with Crippen LogP contribution in [0.2, 0.25) is 0 Å². The van der Waals surface area contributed by atoms with Gasteiger partial charge in [0.15, 0.2) is 0 Å². The number of rotatable bonds is 8. The Hall–Kier alpha value is -6.08. The van der Waals surface area contributed by atoms with Gasteiger partial charge >= 0.3 is 0 Å². The van der Waals surface area contributed by atoms with Crippen LogP contribution in [0.3, 0.4) is 0 Å². The molecule has 10 heteroatoms. The highest BCUT2D eigenvalue weighted by Gasteiger charge is 2.37. The number of carbonyl (C=O) groups is 4. The summed E-state index contributed by atoms with van der Waals surface area (Å²) < 4.78 is 0. The highest BCUT2D eigenvalue weighted by molar-refractivity contribution is 6.00. The Morgan fingerprint density at radius 2 is 1.22 bits per heavy atom. The van der Waals surface area contributed by atoms with E-state index in [-0.39, 0.29) is 36.5 Å². The van der Waals surface area contributed by atoms with Gasteiger partial charge in [-0.25, -0.2) is 9.97 Å². The molecule has 2 aliphatic rings. The van der Waals surface area contributed by atoms with Crippen molar-refractivity contribution in [1.82, 2.24) is 19.8 Å². The Labute approximate surface area is 285 Å². The first-order chi connectivity index (χ1) is 23.8. The van der Waals surface area contributed by atoms with Crippen molar-refractivity contribution < 1.29 is 19.2 Å². The number of hydrogen-bond acceptors (Lipinski definition) is 6. The Kier molecular flexibility index (Phi) is 10.2. The summed E-state index contributed by atoms with van der Waals surface area (Å²) in [7, 11) is 0. The highest BCUT2D eigenvalue weighted by Crippen LogP contribution is 2.25. The summed E-state index contributed by atoms with van der Waals surface area (Å²) >= 11 is 0. The zero-order valence-corrected chi connectivity index (χ0v) is 27.0. The van der Waals surface area contributed by atoms with Gasteiger partial charge in [0.05, 0.1) is 36.6 Å². The van der Waals surface area contributed by atoms with Crippen LogP contribution in [0.4, 0.5) is 11.4 Å². The van der Waals surface area contributed by atoms with Crippen LogP contribution in [0, 0.1) is 11.8 Å². The van der Waals surface area contributed by atoms with Crippen molar-refractivity contribution in [3.05, 3.63) is 132 Å². The lowest BCUT2D eigenvalue weighted by Crippen LogP contribution is -2.44. The van der Waals surface area contributed by atoms with E-state index in [1.807, 2.05) is 60.7 Å². The van der Waals surface area contributed by atoms with E-state index in [9.17, 15) is 19.2 Å². The summed E-state index contributed by atoms with van der Waals surface area (Å²) in [4.78, 5) is 64.1. The molecule has 2 saturated heterocycles. The predicted octanol–water partition coefficient (Wildman–Crippen LogP) is 4.39. The van der Waals surface area contributed by atoms with E-state index in [1.165, 1.54) is 12.4 Å². The number of hydrogen-bond donors (Lipinski definition) is 2. The van der Waals surface area contributed by atoms with E-state index >= 15 is 0 Å². The molecule has 2 fully saturated rings. The van der Waals surface area contributed by atoms with Gasteiger partial charge in [-0.2, -0.15) is 0 Å². The molecule has 4 aromatic rings. The lowest BCUT2D eigenvalue weighted by molar-refractivity contribution is -0.136. The summed E-state index contributed by atoms with van der Waals surface area (Å²) in [6.07, 6.45) is 5.49. The fourth-order valence-corrected chi connectivity index (χ4v) is 6.08. The molecule has 2 aromatic carbocycles. The fourth-order valence-electron chi connectivity index (χ4n) is 6.08. The maximum absolute atomic E-state index is 13.2. The fraction of sp³-hybridized carbons (Fsp3) is 0.231. The molecule has 0 bridgehead atoms. The first-order valence-corrected chi connectivity index (χ1v) is 16.2. The van der Waals surface area contributed by atoms with Crippen LogP contribution in [0.15, 0.2) is 109 Å². The minimum absolute atomic E-state index is 0.0611. The van der Waals surface area contributed by atoms with E-state index in [0.29, 0.717) is 54.3 Å². The average Bonchev–Trinajstić information content (AvgIpc) is 3.77. The van der Waals surface area contributed by atoms with Gasteiger partial charge in [-0.15, -0.1) is 0 Å². The molecule has 0 unspecified atom stereocenters. The van der Waals surface area contributed by atoms with Crippen molar-refractivity contribution in [2.45, 2.75) is 44.2 Å². The number of nitrogens with zero attached hydrogens (tertiary/aromatic N) is 4. The molecule has 0 radical (unpaired) electrons. The Morgan fingerprint density at radius 1 is 0.694 bits per heavy atom. The minimum atomic E-state index is -0.742. The molecule has 2 N–H and O–H groups in total. The Balaban J connectivity index is 1.01. The molecule has 49 heavy (non-hydrogen) atoms. The van der Waals surface area contributed by atoms with E-state index in [2.05, 4.69) is 39.0 Å². The van der Waals surface area contributed by atoms with Gasteiger partial charge in [0.2, 0.25) is 17.7 Å². The Morgan fingerprint density at radius 3 is 1.76 bits per heavy atom. The number of carbonyl (C=O) groups excluding carboxylic acids is 4. The van der Waals surface area contributed by atoms with Crippen LogP contribution in [0.5, 0.6) is 0 Å². The summed E-state index contributed by atoms with van der Waals surface area (Å²) in [6.45, 7) is 5.04. The number of pyridine rings is 2. The highest BCUT2D eigenvalue weighted by atomic mass is 16.2. The van der Waals surface area contributed by atoms with Gasteiger partial charge in [-0.3, -0.25) is 19.2 Å². The third-order valence-electron chi connectivity index (χ3n) is 8.59. The van der Waals surface area contributed by atoms with Gasteiger partial charge in [-0.05, 0) is 72.1 Å². The standard InChI is InChI=1S/C39H36N6O4/c1-27-20-22-45(36(47)24-29-11-6-3-7-12-29)37(27)39(49)43-33-19-17-31(41-26-33)15-14-30-16-18-32(25-40-30)42-38(48)34-13-8-21-44(34)35(46)23-28-9-4-2-5-10-28/h2-7,9-12,16-19,25-26,34,37H,1,8,13,20-24H2,(H,42,48)(H,43,49)/t34-,37-/m0/s1. The molecule has 0 aliphatic carbocycles. The molecule has 6 rings (SSSR count). The molecule has 2 aromatic heterocycles. The smallest absolute Gasteiger partial charge is 0.251 e. The number of benzene rings is 2. The topological polar surface area (TPSA) is 125 Å². The van der Waals surface area contributed by atoms with Gasteiger partial charge in [0.25, 0.3) is 5.91 Å². The normalized spacial score (nSPS) is 16.9. The van der Waals surface area contributed by atoms with Crippen LogP contribution in [0.1, 0.15) is 41.8 Å². The van der Waals surface area contributed by atoms with Crippen molar-refractivity contribution in [2.24, 2.45) is 0 Å². The third kappa shape index (κ3) is 8.26. The largest absolute Gasteiger partial charge is 0.330 e. The van der Waals surface area contributed by atoms with E-state index in [4.69, 9.17) is 0 Å². The molecule has 2 atom stereocenters. The molecule has 4 amide bonds. The number of likely N-dealkylation sites (tertiary alicyclic amines) is 2. The average molecular weight is 653 g/mol. The van der Waals surface area contributed by atoms with Gasteiger partial charge in [-0.1, -0.05) is 67.2 Å². The third-order valence-corrected chi connectivity index (χ3v) is 8.59. The van der Waals surface area contributed by atoms with Crippen LogP contribution in [-0.4, -0.2) is 68.6 Å². The maximum Gasteiger partial charge on any atom is 0.251 e. The predicted molar refractivity (Wildman–Crippen MR) is 186 cm³/mol. The minimum Gasteiger partial charge on any atom is -0.330 e. The zero-order valence-electron chi connectivity index (χ0n) is 27.0. The molecule has 10 nitrogen and oxygen atoms in total. The summed E-state index contributed by atoms with van der Waals surface area (Å²) in [5.74, 6) is 5.16. The lowest BCUT2D eigenvalue weighted by Gasteiger charge is -2.24. The summed E-state index contributed by atoms with van der Waals surface area (Å²) in [6, 6.07) is 24.5. The molecule has 2 aliphatic heterocycles. The second kappa shape index (κ2) is 15.2. The molecule has 4 heterocycles. The van der Waals surface area contributed by atoms with E-state index in [1.54, 1.807) is 34.1 Å². The molecular weight excluding hydrogens is 616 g/mol. The second-order valence-electron chi connectivity index (χ2n) is 12.1. The quantitative estimate of drug-likeness (QED) is 0.215.